The van der Waals surface area contributed by atoms with Gasteiger partial charge in [-0.15, -0.1) is 0 Å². The first kappa shape index (κ1) is 33.6. The monoisotopic (exact) mass is 688 g/mol. The van der Waals surface area contributed by atoms with Crippen LogP contribution in [0.3, 0.4) is 0 Å². The van der Waals surface area contributed by atoms with Crippen molar-refractivity contribution in [1.29, 1.82) is 0 Å². The van der Waals surface area contributed by atoms with E-state index in [0.29, 0.717) is 0 Å². The molecular weight excluding hydrogens is 668 g/mol. The third kappa shape index (κ3) is 6930. The molecular formula is H12Mo4O16Si. The molecule has 0 bridgehead atoms. The Bertz CT molecular complexity index is 473. The molecule has 0 unspecified atom stereocenters. The van der Waals surface area contributed by atoms with Gasteiger partial charge in [0.1, 0.15) is 0 Å². The topological polar surface area (TPSA) is 298 Å². The van der Waals surface area contributed by atoms with Crippen LogP contribution >= 0.6 is 0 Å². The van der Waals surface area contributed by atoms with Gasteiger partial charge in [-0.3, -0.25) is 0 Å². The number of rotatable bonds is 0. The summed E-state index contributed by atoms with van der Waals surface area (Å²) in [5.41, 5.74) is 0. The third-order valence-electron chi connectivity index (χ3n) is 0. The van der Waals surface area contributed by atoms with Gasteiger partial charge < -0.3 is 0 Å². The zero-order chi connectivity index (χ0) is 18.0. The fourth-order valence-corrected chi connectivity index (χ4v) is 0. The predicted molar refractivity (Wildman–Crippen MR) is 34.6 cm³/mol. The van der Waals surface area contributed by atoms with E-state index in [-0.39, 0.29) is 11.0 Å². The summed E-state index contributed by atoms with van der Waals surface area (Å²) in [6, 6.07) is 0. The molecule has 0 aliphatic carbocycles. The van der Waals surface area contributed by atoms with E-state index >= 15 is 0 Å². The first-order valence-electron chi connectivity index (χ1n) is 2.79. The van der Waals surface area contributed by atoms with E-state index in [2.05, 4.69) is 0 Å². The smallest absolute Gasteiger partial charge is 0.0149 e. The van der Waals surface area contributed by atoms with E-state index in [1.807, 2.05) is 0 Å². The summed E-state index contributed by atoms with van der Waals surface area (Å²) in [6.07, 6.45) is 0. The molecule has 0 aromatic rings. The van der Waals surface area contributed by atoms with Crippen LogP contribution in [0.5, 0.6) is 0 Å². The standard InChI is InChI=1S/4Mo.8H2O.8O.H4Si/h;;;;8*1H2;;;;;;;;;1H4/q4*+2;;;;;;;;;;;;;;;;;/p-8. The Hall–Kier alpha value is 1.05. The van der Waals surface area contributed by atoms with Crippen molar-refractivity contribution in [3.8, 4) is 0 Å². The SMILES string of the molecule is [O]=[Mo](=[O])([OH])[OH].[O]=[Mo](=[O])([OH])[OH].[O]=[Mo](=[O])([OH])[OH].[O]=[Mo](=[O])([OH])[OH].[SiH4]. The van der Waals surface area contributed by atoms with E-state index in [0.717, 1.165) is 0 Å². The van der Waals surface area contributed by atoms with Crippen molar-refractivity contribution < 1.29 is 124 Å². The Morgan fingerprint density at radius 3 is 0.333 bits per heavy atom. The largest absolute Gasteiger partial charge is 0.0149 e. The molecule has 0 heterocycles. The zero-order valence-electron chi connectivity index (χ0n) is 8.48. The quantitative estimate of drug-likeness (QED) is 0.110. The average Bonchev–Trinajstić information content (AvgIpc) is 1.62. The molecule has 21 heavy (non-hydrogen) atoms. The molecule has 0 aliphatic heterocycles. The molecule has 16 nitrogen and oxygen atoms in total. The summed E-state index contributed by atoms with van der Waals surface area (Å²) >= 11 is -22.1. The van der Waals surface area contributed by atoms with Crippen LogP contribution in [0.25, 0.3) is 0 Å². The molecule has 0 radical (unpaired) electrons. The van der Waals surface area contributed by atoms with Crippen molar-refractivity contribution in [2.24, 2.45) is 0 Å². The van der Waals surface area contributed by atoms with Gasteiger partial charge in [0.2, 0.25) is 0 Å². The molecule has 0 saturated carbocycles. The third-order valence-corrected chi connectivity index (χ3v) is 0. The minimum atomic E-state index is -5.52. The van der Waals surface area contributed by atoms with Gasteiger partial charge in [0, 0.05) is 0 Å². The van der Waals surface area contributed by atoms with Crippen LogP contribution in [-0.4, -0.2) is 41.0 Å². The Labute approximate surface area is 134 Å². The van der Waals surface area contributed by atoms with Crippen molar-refractivity contribution in [1.82, 2.24) is 0 Å². The minimum Gasteiger partial charge on any atom is -0.0149 e. The molecule has 0 aromatic carbocycles. The molecule has 0 atom stereocenters. The van der Waals surface area contributed by atoms with E-state index in [4.69, 9.17) is 57.3 Å². The van der Waals surface area contributed by atoms with Gasteiger partial charge >= 0.3 is 124 Å². The van der Waals surface area contributed by atoms with Crippen molar-refractivity contribution in [2.45, 2.75) is 0 Å². The molecule has 0 aromatic heterocycles. The Morgan fingerprint density at radius 1 is 0.333 bits per heavy atom. The maximum absolute atomic E-state index is 8.85. The second-order valence-corrected chi connectivity index (χ2v) is 10.6. The molecule has 136 valence electrons. The summed E-state index contributed by atoms with van der Waals surface area (Å²) in [4.78, 5) is 0. The van der Waals surface area contributed by atoms with Gasteiger partial charge in [0.25, 0.3) is 0 Å². The first-order chi connectivity index (χ1) is 8.00. The van der Waals surface area contributed by atoms with Crippen molar-refractivity contribution in [2.75, 3.05) is 0 Å². The Balaban J connectivity index is -0.0000000533. The summed E-state index contributed by atoms with van der Waals surface area (Å²) in [5.74, 6) is 0. The van der Waals surface area contributed by atoms with Gasteiger partial charge in [-0.05, 0) is 11.0 Å². The maximum Gasteiger partial charge on any atom is -0.0149 e. The van der Waals surface area contributed by atoms with E-state index < -0.39 is 67.0 Å². The van der Waals surface area contributed by atoms with Gasteiger partial charge in [-0.1, -0.05) is 0 Å². The van der Waals surface area contributed by atoms with Gasteiger partial charge in [-0.25, -0.2) is 0 Å². The molecule has 0 saturated heterocycles. The molecule has 8 N–H and O–H groups in total. The first-order valence-corrected chi connectivity index (χ1v) is 16.5. The Morgan fingerprint density at radius 2 is 0.333 bits per heavy atom. The maximum atomic E-state index is 8.85. The molecule has 21 heteroatoms. The normalized spacial score (nSPS) is 11.0. The number of hydrogen-bond donors (Lipinski definition) is 8. The van der Waals surface area contributed by atoms with Gasteiger partial charge in [0.05, 0.1) is 0 Å². The van der Waals surface area contributed by atoms with Crippen LogP contribution in [0.4, 0.5) is 0 Å². The molecule has 0 rings (SSSR count). The zero-order valence-corrected chi connectivity index (χ0v) is 16.5. The van der Waals surface area contributed by atoms with Crippen LogP contribution in [0.15, 0.2) is 0 Å². The molecule has 0 aliphatic rings. The van der Waals surface area contributed by atoms with Crippen LogP contribution in [0, 0.1) is 0 Å². The molecule has 0 amide bonds. The molecule has 0 spiro atoms. The second-order valence-electron chi connectivity index (χ2n) is 1.79. The van der Waals surface area contributed by atoms with Crippen LogP contribution in [-0.2, 0) is 94.2 Å². The van der Waals surface area contributed by atoms with E-state index in [1.54, 1.807) is 0 Å². The van der Waals surface area contributed by atoms with Crippen LogP contribution in [0.2, 0.25) is 0 Å². The fraction of sp³-hybridized carbons (Fsp3) is 0. The minimum absolute atomic E-state index is 0. The Kier molecular flexibility index (Phi) is 21.6. The summed E-state index contributed by atoms with van der Waals surface area (Å²) in [5, 5.41) is 0. The number of hydrogen-bond acceptors (Lipinski definition) is 8. The second kappa shape index (κ2) is 13.5. The van der Waals surface area contributed by atoms with E-state index in [1.165, 1.54) is 0 Å². The van der Waals surface area contributed by atoms with E-state index in [9.17, 15) is 0 Å². The van der Waals surface area contributed by atoms with Gasteiger partial charge in [-0.2, -0.15) is 0 Å². The average molecular weight is 680 g/mol. The molecule has 0 fully saturated rings. The van der Waals surface area contributed by atoms with Crippen molar-refractivity contribution in [3.63, 3.8) is 0 Å². The van der Waals surface area contributed by atoms with Gasteiger partial charge in [0.15, 0.2) is 0 Å². The van der Waals surface area contributed by atoms with Crippen molar-refractivity contribution >= 4 is 11.0 Å². The van der Waals surface area contributed by atoms with Crippen molar-refractivity contribution in [3.05, 3.63) is 0 Å². The summed E-state index contributed by atoms with van der Waals surface area (Å²) in [6.45, 7) is 0. The van der Waals surface area contributed by atoms with Crippen LogP contribution in [0.1, 0.15) is 0 Å². The summed E-state index contributed by atoms with van der Waals surface area (Å²) < 4.78 is 128. The predicted octanol–water partition coefficient (Wildman–Crippen LogP) is -6.87. The summed E-state index contributed by atoms with van der Waals surface area (Å²) in [7, 11) is 0. The van der Waals surface area contributed by atoms with Crippen LogP contribution < -0.4 is 0 Å². The fourth-order valence-electron chi connectivity index (χ4n) is 0.